The summed E-state index contributed by atoms with van der Waals surface area (Å²) in [7, 11) is 1.30. The number of ether oxygens (including phenoxy) is 1. The number of rotatable bonds is 5. The molecule has 2 unspecified atom stereocenters. The number of nitrogens with two attached hydrogens (primary N) is 1. The van der Waals surface area contributed by atoms with Gasteiger partial charge in [-0.1, -0.05) is 29.8 Å². The van der Waals surface area contributed by atoms with Crippen molar-refractivity contribution in [3.05, 3.63) is 52.4 Å². The second-order valence-corrected chi connectivity index (χ2v) is 7.25. The lowest BCUT2D eigenvalue weighted by molar-refractivity contribution is -0.127. The minimum absolute atomic E-state index is 0.257. The average molecular weight is 387 g/mol. The van der Waals surface area contributed by atoms with Gasteiger partial charge in [0.05, 0.1) is 12.7 Å². The number of thiophene rings is 1. The summed E-state index contributed by atoms with van der Waals surface area (Å²) >= 11 is 1.29. The van der Waals surface area contributed by atoms with Crippen molar-refractivity contribution >= 4 is 34.1 Å². The summed E-state index contributed by atoms with van der Waals surface area (Å²) in [6.45, 7) is 2.36. The Labute approximate surface area is 161 Å². The average Bonchev–Trinajstić information content (AvgIpc) is 3.28. The van der Waals surface area contributed by atoms with Gasteiger partial charge >= 0.3 is 5.97 Å². The molecule has 2 aromatic rings. The van der Waals surface area contributed by atoms with Gasteiger partial charge in [-0.05, 0) is 30.4 Å². The SMILES string of the molecule is COC(=O)c1ccsc1N1CCC(NC(=O)C(N)c2ccc(C)cc2)C1=O. The van der Waals surface area contributed by atoms with Gasteiger partial charge < -0.3 is 20.7 Å². The van der Waals surface area contributed by atoms with Gasteiger partial charge in [-0.2, -0.15) is 0 Å². The van der Waals surface area contributed by atoms with Crippen LogP contribution in [0.25, 0.3) is 0 Å². The van der Waals surface area contributed by atoms with E-state index in [4.69, 9.17) is 10.5 Å². The number of carbonyl (C=O) groups excluding carboxylic acids is 3. The lowest BCUT2D eigenvalue weighted by Gasteiger charge is -2.18. The van der Waals surface area contributed by atoms with Crippen molar-refractivity contribution in [2.45, 2.75) is 25.4 Å². The number of aryl methyl sites for hydroxylation is 1. The molecular formula is C19H21N3O4S. The Bertz CT molecular complexity index is 862. The molecule has 1 aromatic carbocycles. The molecule has 2 atom stereocenters. The van der Waals surface area contributed by atoms with Gasteiger partial charge in [0.1, 0.15) is 17.1 Å². The van der Waals surface area contributed by atoms with Crippen LogP contribution in [0.3, 0.4) is 0 Å². The Morgan fingerprint density at radius 3 is 2.67 bits per heavy atom. The molecule has 2 heterocycles. The largest absolute Gasteiger partial charge is 0.465 e. The highest BCUT2D eigenvalue weighted by molar-refractivity contribution is 7.14. The van der Waals surface area contributed by atoms with Gasteiger partial charge in [-0.25, -0.2) is 4.79 Å². The second kappa shape index (κ2) is 7.89. The minimum Gasteiger partial charge on any atom is -0.465 e. The smallest absolute Gasteiger partial charge is 0.340 e. The van der Waals surface area contributed by atoms with Crippen LogP contribution in [0.1, 0.15) is 33.9 Å². The maximum absolute atomic E-state index is 12.7. The van der Waals surface area contributed by atoms with E-state index >= 15 is 0 Å². The third-order valence-electron chi connectivity index (χ3n) is 4.54. The molecule has 0 bridgehead atoms. The fourth-order valence-corrected chi connectivity index (χ4v) is 3.90. The molecule has 1 aromatic heterocycles. The Morgan fingerprint density at radius 2 is 2.00 bits per heavy atom. The van der Waals surface area contributed by atoms with Crippen molar-refractivity contribution < 1.29 is 19.1 Å². The van der Waals surface area contributed by atoms with Crippen LogP contribution in [0, 0.1) is 6.92 Å². The molecule has 1 aliphatic heterocycles. The molecule has 1 fully saturated rings. The first kappa shape index (κ1) is 19.1. The highest BCUT2D eigenvalue weighted by Gasteiger charge is 2.37. The van der Waals surface area contributed by atoms with E-state index in [1.54, 1.807) is 23.6 Å². The molecule has 0 aliphatic carbocycles. The number of methoxy groups -OCH3 is 1. The molecule has 3 N–H and O–H groups in total. The molecule has 1 aliphatic rings. The van der Waals surface area contributed by atoms with Crippen molar-refractivity contribution in [2.75, 3.05) is 18.6 Å². The number of anilines is 1. The van der Waals surface area contributed by atoms with Gasteiger partial charge in [-0.3, -0.25) is 9.59 Å². The van der Waals surface area contributed by atoms with Crippen LogP contribution in [0.15, 0.2) is 35.7 Å². The summed E-state index contributed by atoms with van der Waals surface area (Å²) < 4.78 is 4.75. The molecule has 142 valence electrons. The van der Waals surface area contributed by atoms with Crippen LogP contribution in [0.5, 0.6) is 0 Å². The van der Waals surface area contributed by atoms with Gasteiger partial charge in [-0.15, -0.1) is 11.3 Å². The van der Waals surface area contributed by atoms with E-state index in [1.165, 1.54) is 23.3 Å². The summed E-state index contributed by atoms with van der Waals surface area (Å²) in [6.07, 6.45) is 0.448. The first-order valence-electron chi connectivity index (χ1n) is 8.52. The number of nitrogens with one attached hydrogen (secondary N) is 1. The summed E-state index contributed by atoms with van der Waals surface area (Å²) in [5, 5.41) is 4.99. The topological polar surface area (TPSA) is 102 Å². The van der Waals surface area contributed by atoms with Gasteiger partial charge in [0, 0.05) is 6.54 Å². The second-order valence-electron chi connectivity index (χ2n) is 6.36. The number of carbonyl (C=O) groups is 3. The van der Waals surface area contributed by atoms with Gasteiger partial charge in [0.15, 0.2) is 0 Å². The maximum Gasteiger partial charge on any atom is 0.340 e. The lowest BCUT2D eigenvalue weighted by Crippen LogP contribution is -2.45. The van der Waals surface area contributed by atoms with Crippen LogP contribution < -0.4 is 16.0 Å². The highest BCUT2D eigenvalue weighted by Crippen LogP contribution is 2.32. The molecule has 2 amide bonds. The zero-order valence-corrected chi connectivity index (χ0v) is 15.9. The lowest BCUT2D eigenvalue weighted by atomic mass is 10.0. The molecule has 7 nitrogen and oxygen atoms in total. The van der Waals surface area contributed by atoms with Crippen LogP contribution >= 0.6 is 11.3 Å². The highest BCUT2D eigenvalue weighted by atomic mass is 32.1. The van der Waals surface area contributed by atoms with Crippen molar-refractivity contribution in [1.82, 2.24) is 5.32 Å². The molecular weight excluding hydrogens is 366 g/mol. The van der Waals surface area contributed by atoms with Gasteiger partial charge in [0.2, 0.25) is 11.8 Å². The first-order chi connectivity index (χ1) is 12.9. The zero-order chi connectivity index (χ0) is 19.6. The molecule has 0 spiro atoms. The molecule has 27 heavy (non-hydrogen) atoms. The number of hydrogen-bond donors (Lipinski definition) is 2. The minimum atomic E-state index is -0.847. The van der Waals surface area contributed by atoms with E-state index in [0.717, 1.165) is 5.56 Å². The predicted octanol–water partition coefficient (Wildman–Crippen LogP) is 1.76. The number of esters is 1. The third-order valence-corrected chi connectivity index (χ3v) is 5.47. The normalized spacial score (nSPS) is 17.7. The number of amides is 2. The van der Waals surface area contributed by atoms with Gasteiger partial charge in [0.25, 0.3) is 0 Å². The summed E-state index contributed by atoms with van der Waals surface area (Å²) in [5.41, 5.74) is 8.13. The maximum atomic E-state index is 12.7. The summed E-state index contributed by atoms with van der Waals surface area (Å²) in [5.74, 6) is -1.15. The summed E-state index contributed by atoms with van der Waals surface area (Å²) in [4.78, 5) is 38.6. The number of hydrogen-bond acceptors (Lipinski definition) is 6. The first-order valence-corrected chi connectivity index (χ1v) is 9.40. The van der Waals surface area contributed by atoms with Crippen molar-refractivity contribution in [3.8, 4) is 0 Å². The van der Waals surface area contributed by atoms with Crippen LogP contribution in [0.2, 0.25) is 0 Å². The standard InChI is InChI=1S/C19H21N3O4S/c1-11-3-5-12(6-4-11)15(20)16(23)21-14-7-9-22(17(14)24)18-13(8-10-27-18)19(25)26-2/h3-6,8,10,14-15H,7,9,20H2,1-2H3,(H,21,23). The van der Waals surface area contributed by atoms with E-state index in [9.17, 15) is 14.4 Å². The molecule has 1 saturated heterocycles. The van der Waals surface area contributed by atoms with Crippen molar-refractivity contribution in [1.29, 1.82) is 0 Å². The molecule has 0 radical (unpaired) electrons. The van der Waals surface area contributed by atoms with E-state index in [0.29, 0.717) is 29.1 Å². The number of nitrogens with zero attached hydrogens (tertiary/aromatic N) is 1. The van der Waals surface area contributed by atoms with Crippen LogP contribution in [0.4, 0.5) is 5.00 Å². The van der Waals surface area contributed by atoms with E-state index in [1.807, 2.05) is 19.1 Å². The van der Waals surface area contributed by atoms with Crippen molar-refractivity contribution in [3.63, 3.8) is 0 Å². The monoisotopic (exact) mass is 387 g/mol. The van der Waals surface area contributed by atoms with Crippen LogP contribution in [-0.2, 0) is 14.3 Å². The Hall–Kier alpha value is -2.71. The Kier molecular flexibility index (Phi) is 5.57. The fourth-order valence-electron chi connectivity index (χ4n) is 2.98. The summed E-state index contributed by atoms with van der Waals surface area (Å²) in [6, 6.07) is 7.49. The van der Waals surface area contributed by atoms with Crippen LogP contribution in [-0.4, -0.2) is 37.5 Å². The Balaban J connectivity index is 1.68. The molecule has 8 heteroatoms. The predicted molar refractivity (Wildman–Crippen MR) is 103 cm³/mol. The molecule has 3 rings (SSSR count). The van der Waals surface area contributed by atoms with E-state index < -0.39 is 24.0 Å². The number of benzene rings is 1. The third kappa shape index (κ3) is 3.86. The quantitative estimate of drug-likeness (QED) is 0.762. The molecule has 0 saturated carbocycles. The zero-order valence-electron chi connectivity index (χ0n) is 15.1. The Morgan fingerprint density at radius 1 is 1.30 bits per heavy atom. The fraction of sp³-hybridized carbons (Fsp3) is 0.316. The van der Waals surface area contributed by atoms with E-state index in [-0.39, 0.29) is 5.91 Å². The van der Waals surface area contributed by atoms with Crippen molar-refractivity contribution in [2.24, 2.45) is 5.73 Å². The van der Waals surface area contributed by atoms with E-state index in [2.05, 4.69) is 5.32 Å².